The Labute approximate surface area is 151 Å². The first-order valence-electron chi connectivity index (χ1n) is 7.50. The van der Waals surface area contributed by atoms with Crippen LogP contribution in [0.15, 0.2) is 0 Å². The fraction of sp³-hybridized carbons (Fsp3) is 0.476. The molecule has 0 spiro atoms. The van der Waals surface area contributed by atoms with Crippen LogP contribution in [-0.4, -0.2) is 0 Å². The van der Waals surface area contributed by atoms with Crippen LogP contribution in [0.5, 0.6) is 0 Å². The van der Waals surface area contributed by atoms with Crippen LogP contribution in [0.4, 0.5) is 0 Å². The minimum absolute atomic E-state index is 0. The van der Waals surface area contributed by atoms with Crippen LogP contribution in [0.1, 0.15) is 55.6 Å². The van der Waals surface area contributed by atoms with E-state index in [0.717, 1.165) is 0 Å². The van der Waals surface area contributed by atoms with Crippen LogP contribution in [0, 0.1) is 76.7 Å². The van der Waals surface area contributed by atoms with Crippen LogP contribution in [-0.2, 0) is 18.6 Å². The molecule has 2 rings (SSSR count). The van der Waals surface area contributed by atoms with Crippen molar-refractivity contribution < 1.29 is 18.6 Å². The van der Waals surface area contributed by atoms with Gasteiger partial charge in [0.2, 0.25) is 0 Å². The molecule has 0 nitrogen and oxygen atoms in total. The maximum atomic E-state index is 2.20. The van der Waals surface area contributed by atoms with Crippen LogP contribution >= 0.6 is 0 Å². The molecule has 0 heterocycles. The normalized spacial score (nSPS) is 9.55. The van der Waals surface area contributed by atoms with Gasteiger partial charge in [0, 0.05) is 18.6 Å². The van der Waals surface area contributed by atoms with Crippen molar-refractivity contribution in [3.63, 3.8) is 0 Å². The summed E-state index contributed by atoms with van der Waals surface area (Å²) in [6.07, 6.45) is 0. The Hall–Kier alpha value is -0.716. The van der Waals surface area contributed by atoms with Gasteiger partial charge in [0.1, 0.15) is 0 Å². The van der Waals surface area contributed by atoms with Crippen molar-refractivity contribution in [1.29, 1.82) is 0 Å². The molecule has 0 N–H and O–H groups in total. The van der Waals surface area contributed by atoms with Crippen molar-refractivity contribution in [1.82, 2.24) is 0 Å². The van der Waals surface area contributed by atoms with Crippen LogP contribution in [0.2, 0.25) is 0 Å². The zero-order valence-corrected chi connectivity index (χ0v) is 17.8. The van der Waals surface area contributed by atoms with Crippen molar-refractivity contribution >= 4 is 0 Å². The first-order chi connectivity index (χ1) is 9.11. The van der Waals surface area contributed by atoms with Gasteiger partial charge in [0.05, 0.1) is 0 Å². The molecule has 0 aliphatic heterocycles. The topological polar surface area (TPSA) is 0 Å². The second-order valence-corrected chi connectivity index (χ2v) is 6.25. The largest absolute Gasteiger partial charge is 0.358 e. The van der Waals surface area contributed by atoms with Gasteiger partial charge in [-0.2, -0.15) is 55.6 Å². The Morgan fingerprint density at radius 1 is 0.455 bits per heavy atom. The van der Waals surface area contributed by atoms with E-state index >= 15 is 0 Å². The van der Waals surface area contributed by atoms with Gasteiger partial charge in [-0.1, -0.05) is 69.2 Å². The van der Waals surface area contributed by atoms with E-state index in [9.17, 15) is 0 Å². The predicted molar refractivity (Wildman–Crippen MR) is 97.9 cm³/mol. The summed E-state index contributed by atoms with van der Waals surface area (Å²) >= 11 is 0. The van der Waals surface area contributed by atoms with Gasteiger partial charge in [0.25, 0.3) is 0 Å². The van der Waals surface area contributed by atoms with Crippen LogP contribution in [0.3, 0.4) is 0 Å². The minimum atomic E-state index is 0. The summed E-state index contributed by atoms with van der Waals surface area (Å²) in [5, 5.41) is 0. The molecule has 0 aromatic heterocycles. The summed E-state index contributed by atoms with van der Waals surface area (Å²) in [5.41, 5.74) is 14.7. The van der Waals surface area contributed by atoms with Crippen molar-refractivity contribution in [3.05, 3.63) is 63.1 Å². The van der Waals surface area contributed by atoms with Crippen LogP contribution < -0.4 is 0 Å². The quantitative estimate of drug-likeness (QED) is 0.492. The number of rotatable bonds is 0. The molecule has 0 amide bonds. The standard InChI is InChI=1S/2C10H15.CH3.V/c2*1-6-7(2)9(4)10(5)8(6)3;;/h2*1-5H3;1H3;/q3*-1;. The monoisotopic (exact) mass is 336 g/mol. The molecule has 1 heteroatoms. The van der Waals surface area contributed by atoms with E-state index in [-0.39, 0.29) is 26.0 Å². The molecule has 0 saturated heterocycles. The zero-order chi connectivity index (χ0) is 15.8. The molecular formula is C21H33V-3. The Balaban J connectivity index is 0. The Morgan fingerprint density at radius 3 is 0.636 bits per heavy atom. The molecule has 0 bridgehead atoms. The molecule has 0 saturated carbocycles. The summed E-state index contributed by atoms with van der Waals surface area (Å²) < 4.78 is 0. The second-order valence-electron chi connectivity index (χ2n) is 6.25. The van der Waals surface area contributed by atoms with Crippen molar-refractivity contribution in [2.24, 2.45) is 0 Å². The molecule has 2 aromatic rings. The molecule has 1 radical (unpaired) electrons. The maximum absolute atomic E-state index is 2.20. The molecule has 0 unspecified atom stereocenters. The van der Waals surface area contributed by atoms with E-state index in [1.54, 1.807) is 0 Å². The summed E-state index contributed by atoms with van der Waals surface area (Å²) in [5.74, 6) is 0. The van der Waals surface area contributed by atoms with E-state index in [4.69, 9.17) is 0 Å². The van der Waals surface area contributed by atoms with Crippen molar-refractivity contribution in [2.75, 3.05) is 0 Å². The third-order valence-corrected chi connectivity index (χ3v) is 5.62. The number of hydrogen-bond donors (Lipinski definition) is 0. The predicted octanol–water partition coefficient (Wildman–Crippen LogP) is 6.34. The molecular weight excluding hydrogens is 303 g/mol. The Kier molecular flexibility index (Phi) is 9.42. The van der Waals surface area contributed by atoms with Crippen molar-refractivity contribution in [3.8, 4) is 0 Å². The third kappa shape index (κ3) is 4.18. The van der Waals surface area contributed by atoms with Gasteiger partial charge in [-0.15, -0.1) is 0 Å². The fourth-order valence-electron chi connectivity index (χ4n) is 2.81. The number of hydrogen-bond acceptors (Lipinski definition) is 0. The second kappa shape index (κ2) is 8.80. The minimum Gasteiger partial charge on any atom is -0.358 e. The van der Waals surface area contributed by atoms with Gasteiger partial charge in [0.15, 0.2) is 0 Å². The first kappa shape index (κ1) is 23.5. The molecule has 0 aliphatic rings. The van der Waals surface area contributed by atoms with Crippen molar-refractivity contribution in [2.45, 2.75) is 69.2 Å². The van der Waals surface area contributed by atoms with E-state index in [1.165, 1.54) is 55.6 Å². The SMILES string of the molecule is Cc1c(C)c(C)[c-](C)c1C.Cc1c(C)c(C)[c-](C)c1C.[CH3-].[V]. The van der Waals surface area contributed by atoms with E-state index < -0.39 is 0 Å². The summed E-state index contributed by atoms with van der Waals surface area (Å²) in [4.78, 5) is 0. The zero-order valence-electron chi connectivity index (χ0n) is 16.4. The van der Waals surface area contributed by atoms with Gasteiger partial charge >= 0.3 is 0 Å². The molecule has 0 atom stereocenters. The maximum Gasteiger partial charge on any atom is 0 e. The summed E-state index contributed by atoms with van der Waals surface area (Å²) in [7, 11) is 0. The van der Waals surface area contributed by atoms with E-state index in [0.29, 0.717) is 0 Å². The summed E-state index contributed by atoms with van der Waals surface area (Å²) in [6.45, 7) is 22.0. The third-order valence-electron chi connectivity index (χ3n) is 5.62. The molecule has 2 aromatic carbocycles. The van der Waals surface area contributed by atoms with E-state index in [2.05, 4.69) is 69.2 Å². The van der Waals surface area contributed by atoms with Gasteiger partial charge in [-0.3, -0.25) is 0 Å². The Bertz CT molecular complexity index is 404. The van der Waals surface area contributed by atoms with Gasteiger partial charge in [-0.05, 0) is 0 Å². The van der Waals surface area contributed by atoms with E-state index in [1.807, 2.05) is 0 Å². The molecule has 22 heavy (non-hydrogen) atoms. The molecule has 0 aliphatic carbocycles. The molecule has 0 fully saturated rings. The molecule has 125 valence electrons. The Morgan fingerprint density at radius 2 is 0.591 bits per heavy atom. The first-order valence-corrected chi connectivity index (χ1v) is 7.50. The van der Waals surface area contributed by atoms with Gasteiger partial charge in [-0.25, -0.2) is 0 Å². The van der Waals surface area contributed by atoms with Crippen LogP contribution in [0.25, 0.3) is 0 Å². The average Bonchev–Trinajstić information content (AvgIpc) is 2.71. The fourth-order valence-corrected chi connectivity index (χ4v) is 2.81. The smallest absolute Gasteiger partial charge is 0 e. The van der Waals surface area contributed by atoms with Gasteiger partial charge < -0.3 is 7.43 Å². The summed E-state index contributed by atoms with van der Waals surface area (Å²) in [6, 6.07) is 0. The average molecular weight is 336 g/mol.